The highest BCUT2D eigenvalue weighted by molar-refractivity contribution is 14.1. The molecular formula is C14H13IN2O2. The van der Waals surface area contributed by atoms with E-state index < -0.39 is 0 Å². The number of aryl methyl sites for hydroxylation is 1. The molecule has 0 bridgehead atoms. The van der Waals surface area contributed by atoms with Crippen molar-refractivity contribution in [2.45, 2.75) is 13.5 Å². The number of hydrogen-bond acceptors (Lipinski definition) is 4. The summed E-state index contributed by atoms with van der Waals surface area (Å²) in [4.78, 5) is 8.31. The van der Waals surface area contributed by atoms with E-state index in [2.05, 4.69) is 32.6 Å². The first-order valence-electron chi connectivity index (χ1n) is 5.69. The van der Waals surface area contributed by atoms with E-state index in [0.29, 0.717) is 16.8 Å². The van der Waals surface area contributed by atoms with Crippen LogP contribution < -0.4 is 0 Å². The monoisotopic (exact) mass is 368 g/mol. The highest BCUT2D eigenvalue weighted by atomic mass is 127. The molecule has 0 spiro atoms. The lowest BCUT2D eigenvalue weighted by molar-refractivity contribution is 0.280. The molecule has 0 unspecified atom stereocenters. The summed E-state index contributed by atoms with van der Waals surface area (Å²) >= 11 is 2.22. The van der Waals surface area contributed by atoms with E-state index in [0.717, 1.165) is 9.26 Å². The highest BCUT2D eigenvalue weighted by Crippen LogP contribution is 2.23. The second-order valence-corrected chi connectivity index (χ2v) is 5.27. The predicted octanol–water partition coefficient (Wildman–Crippen LogP) is 2.94. The van der Waals surface area contributed by atoms with E-state index in [-0.39, 0.29) is 12.4 Å². The molecule has 0 saturated carbocycles. The van der Waals surface area contributed by atoms with E-state index in [1.807, 2.05) is 24.3 Å². The Morgan fingerprint density at radius 2 is 2.00 bits per heavy atom. The molecular weight excluding hydrogens is 355 g/mol. The number of nitrogens with zero attached hydrogens (tertiary/aromatic N) is 2. The molecule has 0 aliphatic heterocycles. The number of aromatic hydroxyl groups is 1. The van der Waals surface area contributed by atoms with E-state index >= 15 is 0 Å². The lowest BCUT2D eigenvalue weighted by Gasteiger charge is -2.06. The molecule has 19 heavy (non-hydrogen) atoms. The van der Waals surface area contributed by atoms with Crippen LogP contribution >= 0.6 is 22.6 Å². The zero-order valence-corrected chi connectivity index (χ0v) is 12.5. The molecule has 4 nitrogen and oxygen atoms in total. The smallest absolute Gasteiger partial charge is 0.145 e. The Hall–Kier alpha value is -1.47. The first kappa shape index (κ1) is 14.0. The van der Waals surface area contributed by atoms with Crippen LogP contribution in [-0.4, -0.2) is 21.4 Å². The lowest BCUT2D eigenvalue weighted by Crippen LogP contribution is -1.97. The first-order chi connectivity index (χ1) is 9.11. The van der Waals surface area contributed by atoms with Crippen molar-refractivity contribution in [1.82, 2.24) is 4.98 Å². The molecule has 1 aromatic heterocycles. The van der Waals surface area contributed by atoms with Gasteiger partial charge in [0.1, 0.15) is 5.75 Å². The van der Waals surface area contributed by atoms with Crippen molar-refractivity contribution in [1.29, 1.82) is 0 Å². The van der Waals surface area contributed by atoms with Crippen molar-refractivity contribution in [3.05, 3.63) is 50.9 Å². The molecule has 5 heteroatoms. The molecule has 98 valence electrons. The normalized spacial score (nSPS) is 11.1. The number of hydrogen-bond donors (Lipinski definition) is 2. The van der Waals surface area contributed by atoms with Gasteiger partial charge in [-0.05, 0) is 53.8 Å². The van der Waals surface area contributed by atoms with Crippen LogP contribution in [0.3, 0.4) is 0 Å². The quantitative estimate of drug-likeness (QED) is 0.647. The van der Waals surface area contributed by atoms with Gasteiger partial charge in [0.25, 0.3) is 0 Å². The molecule has 0 atom stereocenters. The molecule has 2 aromatic rings. The first-order valence-corrected chi connectivity index (χ1v) is 6.77. The Labute approximate surface area is 125 Å². The van der Waals surface area contributed by atoms with Crippen LogP contribution in [0.25, 0.3) is 0 Å². The number of benzene rings is 1. The Morgan fingerprint density at radius 1 is 1.32 bits per heavy atom. The molecule has 1 heterocycles. The van der Waals surface area contributed by atoms with Crippen LogP contribution in [0.15, 0.2) is 35.5 Å². The van der Waals surface area contributed by atoms with Gasteiger partial charge < -0.3 is 10.2 Å². The van der Waals surface area contributed by atoms with Crippen LogP contribution in [0.1, 0.15) is 16.8 Å². The fourth-order valence-corrected chi connectivity index (χ4v) is 1.95. The van der Waals surface area contributed by atoms with Gasteiger partial charge in [-0.1, -0.05) is 0 Å². The minimum Gasteiger partial charge on any atom is -0.505 e. The molecule has 0 aliphatic rings. The third-order valence-corrected chi connectivity index (χ3v) is 3.42. The van der Waals surface area contributed by atoms with Crippen molar-refractivity contribution in [3.63, 3.8) is 0 Å². The van der Waals surface area contributed by atoms with E-state index in [1.165, 1.54) is 0 Å². The molecule has 0 aliphatic carbocycles. The number of aliphatic imine (C=N–C) groups is 1. The highest BCUT2D eigenvalue weighted by Gasteiger charge is 2.09. The van der Waals surface area contributed by atoms with Crippen LogP contribution in [-0.2, 0) is 6.61 Å². The molecule has 1 aromatic carbocycles. The predicted molar refractivity (Wildman–Crippen MR) is 83.0 cm³/mol. The molecule has 0 saturated heterocycles. The second-order valence-electron chi connectivity index (χ2n) is 4.02. The van der Waals surface area contributed by atoms with Gasteiger partial charge in [0.05, 0.1) is 18.0 Å². The van der Waals surface area contributed by atoms with Gasteiger partial charge in [-0.15, -0.1) is 0 Å². The van der Waals surface area contributed by atoms with Crippen LogP contribution in [0, 0.1) is 10.5 Å². The summed E-state index contributed by atoms with van der Waals surface area (Å²) < 4.78 is 1.13. The summed E-state index contributed by atoms with van der Waals surface area (Å²) in [7, 11) is 0. The Morgan fingerprint density at radius 3 is 2.63 bits per heavy atom. The van der Waals surface area contributed by atoms with Crippen LogP contribution in [0.5, 0.6) is 5.75 Å². The van der Waals surface area contributed by atoms with Gasteiger partial charge >= 0.3 is 0 Å². The number of aliphatic hydroxyl groups is 1. The maximum Gasteiger partial charge on any atom is 0.145 e. The summed E-state index contributed by atoms with van der Waals surface area (Å²) in [5.74, 6) is 0.0563. The number of aromatic nitrogens is 1. The largest absolute Gasteiger partial charge is 0.505 e. The van der Waals surface area contributed by atoms with Crippen LogP contribution in [0.2, 0.25) is 0 Å². The van der Waals surface area contributed by atoms with Gasteiger partial charge in [0.2, 0.25) is 0 Å². The summed E-state index contributed by atoms with van der Waals surface area (Å²) in [6.07, 6.45) is 3.10. The van der Waals surface area contributed by atoms with Crippen molar-refractivity contribution in [2.24, 2.45) is 4.99 Å². The fraction of sp³-hybridized carbons (Fsp3) is 0.143. The third-order valence-electron chi connectivity index (χ3n) is 2.70. The zero-order valence-electron chi connectivity index (χ0n) is 10.3. The molecule has 2 rings (SSSR count). The maximum atomic E-state index is 9.97. The average molecular weight is 368 g/mol. The minimum absolute atomic E-state index is 0.0563. The number of halogens is 1. The summed E-state index contributed by atoms with van der Waals surface area (Å²) in [5, 5.41) is 19.2. The van der Waals surface area contributed by atoms with Crippen molar-refractivity contribution < 1.29 is 10.2 Å². The number of pyridine rings is 1. The van der Waals surface area contributed by atoms with Crippen LogP contribution in [0.4, 0.5) is 5.69 Å². The Balaban J connectivity index is 2.37. The lowest BCUT2D eigenvalue weighted by atomic mass is 10.1. The molecule has 0 amide bonds. The Kier molecular flexibility index (Phi) is 4.49. The van der Waals surface area contributed by atoms with Gasteiger partial charge in [0.15, 0.2) is 0 Å². The summed E-state index contributed by atoms with van der Waals surface area (Å²) in [5.41, 5.74) is 2.37. The van der Waals surface area contributed by atoms with Gasteiger partial charge in [-0.3, -0.25) is 9.98 Å². The third kappa shape index (κ3) is 3.30. The van der Waals surface area contributed by atoms with E-state index in [9.17, 15) is 10.2 Å². The summed E-state index contributed by atoms with van der Waals surface area (Å²) in [6.45, 7) is 1.52. The Bertz CT molecular complexity index is 610. The molecule has 0 fully saturated rings. The average Bonchev–Trinajstić information content (AvgIpc) is 2.42. The van der Waals surface area contributed by atoms with Gasteiger partial charge in [0, 0.05) is 27.1 Å². The van der Waals surface area contributed by atoms with Gasteiger partial charge in [-0.2, -0.15) is 0 Å². The van der Waals surface area contributed by atoms with Crippen molar-refractivity contribution in [3.8, 4) is 5.75 Å². The SMILES string of the molecule is Cc1ncc(CO)c(C=Nc2ccc(I)cc2)c1O. The second kappa shape index (κ2) is 6.12. The van der Waals surface area contributed by atoms with Crippen molar-refractivity contribution in [2.75, 3.05) is 0 Å². The molecule has 2 N–H and O–H groups in total. The minimum atomic E-state index is -0.186. The zero-order chi connectivity index (χ0) is 13.8. The van der Waals surface area contributed by atoms with E-state index in [1.54, 1.807) is 19.3 Å². The molecule has 0 radical (unpaired) electrons. The standard InChI is InChI=1S/C14H13IN2O2/c1-9-14(19)13(10(8-18)6-16-9)7-17-12-4-2-11(15)3-5-12/h2-7,18-19H,8H2,1H3. The van der Waals surface area contributed by atoms with Crippen molar-refractivity contribution >= 4 is 34.5 Å². The fourth-order valence-electron chi connectivity index (χ4n) is 1.59. The van der Waals surface area contributed by atoms with E-state index in [4.69, 9.17) is 0 Å². The summed E-state index contributed by atoms with van der Waals surface area (Å²) in [6, 6.07) is 7.69. The topological polar surface area (TPSA) is 65.7 Å². The number of aliphatic hydroxyl groups excluding tert-OH is 1. The number of rotatable bonds is 3. The van der Waals surface area contributed by atoms with Gasteiger partial charge in [-0.25, -0.2) is 0 Å². The maximum absolute atomic E-state index is 9.97.